The Morgan fingerprint density at radius 3 is 2.33 bits per heavy atom. The molecule has 8 heteroatoms. The molecular formula is C22H28N2O5S. The second-order valence-corrected chi connectivity index (χ2v) is 9.16. The molecule has 1 saturated carbocycles. The molecule has 0 aromatic heterocycles. The molecule has 1 aliphatic carbocycles. The zero-order valence-corrected chi connectivity index (χ0v) is 18.3. The van der Waals surface area contributed by atoms with Gasteiger partial charge in [-0.3, -0.25) is 4.79 Å². The maximum Gasteiger partial charge on any atom is 0.240 e. The van der Waals surface area contributed by atoms with Crippen molar-refractivity contribution in [2.24, 2.45) is 0 Å². The number of amides is 1. The third-order valence-electron chi connectivity index (χ3n) is 5.06. The molecule has 1 atom stereocenters. The molecule has 2 N–H and O–H groups in total. The van der Waals surface area contributed by atoms with Crippen molar-refractivity contribution < 1.29 is 22.7 Å². The van der Waals surface area contributed by atoms with Crippen LogP contribution in [0.5, 0.6) is 11.5 Å². The van der Waals surface area contributed by atoms with Gasteiger partial charge in [0.15, 0.2) is 11.5 Å². The number of methoxy groups -OCH3 is 2. The van der Waals surface area contributed by atoms with Gasteiger partial charge in [-0.25, -0.2) is 13.1 Å². The second-order valence-electron chi connectivity index (χ2n) is 7.44. The smallest absolute Gasteiger partial charge is 0.240 e. The molecule has 0 bridgehead atoms. The van der Waals surface area contributed by atoms with Crippen LogP contribution in [0.15, 0.2) is 47.4 Å². The summed E-state index contributed by atoms with van der Waals surface area (Å²) in [6, 6.07) is 12.1. The summed E-state index contributed by atoms with van der Waals surface area (Å²) in [5.74, 6) is 1.17. The predicted molar refractivity (Wildman–Crippen MR) is 114 cm³/mol. The first kappa shape index (κ1) is 22.1. The SMILES string of the molecule is COc1ccc([C@H](C)NC(=O)CCc2ccc(S(=O)(=O)NC3CC3)cc2)cc1OC. The normalized spacial score (nSPS) is 14.8. The molecule has 7 nitrogen and oxygen atoms in total. The number of rotatable bonds is 10. The van der Waals surface area contributed by atoms with Crippen molar-refractivity contribution in [1.29, 1.82) is 0 Å². The molecule has 162 valence electrons. The van der Waals surface area contributed by atoms with Crippen LogP contribution in [0.3, 0.4) is 0 Å². The van der Waals surface area contributed by atoms with Gasteiger partial charge in [0.1, 0.15) is 0 Å². The minimum Gasteiger partial charge on any atom is -0.493 e. The Morgan fingerprint density at radius 2 is 1.73 bits per heavy atom. The molecule has 1 amide bonds. The van der Waals surface area contributed by atoms with Crippen LogP contribution in [-0.4, -0.2) is 34.6 Å². The van der Waals surface area contributed by atoms with Crippen LogP contribution in [0.25, 0.3) is 0 Å². The van der Waals surface area contributed by atoms with Crippen LogP contribution < -0.4 is 19.5 Å². The monoisotopic (exact) mass is 432 g/mol. The number of carbonyl (C=O) groups excluding carboxylic acids is 1. The number of hydrogen-bond acceptors (Lipinski definition) is 5. The lowest BCUT2D eigenvalue weighted by Crippen LogP contribution is -2.27. The Hall–Kier alpha value is -2.58. The van der Waals surface area contributed by atoms with E-state index in [0.29, 0.717) is 24.3 Å². The van der Waals surface area contributed by atoms with Gasteiger partial charge in [0.2, 0.25) is 15.9 Å². The van der Waals surface area contributed by atoms with E-state index < -0.39 is 10.0 Å². The molecule has 2 aromatic carbocycles. The minimum atomic E-state index is -3.45. The number of benzene rings is 2. The molecular weight excluding hydrogens is 404 g/mol. The molecule has 0 saturated heterocycles. The summed E-state index contributed by atoms with van der Waals surface area (Å²) >= 11 is 0. The maximum atomic E-state index is 12.4. The Kier molecular flexibility index (Phi) is 6.99. The molecule has 1 aliphatic rings. The van der Waals surface area contributed by atoms with E-state index in [4.69, 9.17) is 9.47 Å². The van der Waals surface area contributed by atoms with Crippen LogP contribution in [0.4, 0.5) is 0 Å². The van der Waals surface area contributed by atoms with Gasteiger partial charge in [0.05, 0.1) is 25.2 Å². The Morgan fingerprint density at radius 1 is 1.07 bits per heavy atom. The Labute approximate surface area is 177 Å². The molecule has 3 rings (SSSR count). The minimum absolute atomic E-state index is 0.0750. The highest BCUT2D eigenvalue weighted by molar-refractivity contribution is 7.89. The van der Waals surface area contributed by atoms with E-state index >= 15 is 0 Å². The summed E-state index contributed by atoms with van der Waals surface area (Å²) in [7, 11) is -0.300. The van der Waals surface area contributed by atoms with Gasteiger partial charge < -0.3 is 14.8 Å². The topological polar surface area (TPSA) is 93.7 Å². The molecule has 1 fully saturated rings. The maximum absolute atomic E-state index is 12.4. The van der Waals surface area contributed by atoms with E-state index in [-0.39, 0.29) is 22.9 Å². The van der Waals surface area contributed by atoms with E-state index in [2.05, 4.69) is 10.0 Å². The number of hydrogen-bond donors (Lipinski definition) is 2. The zero-order chi connectivity index (χ0) is 21.7. The average molecular weight is 433 g/mol. The first-order chi connectivity index (χ1) is 14.3. The van der Waals surface area contributed by atoms with Gasteiger partial charge >= 0.3 is 0 Å². The van der Waals surface area contributed by atoms with Crippen molar-refractivity contribution >= 4 is 15.9 Å². The summed E-state index contributed by atoms with van der Waals surface area (Å²) in [6.07, 6.45) is 2.63. The summed E-state index contributed by atoms with van der Waals surface area (Å²) < 4.78 is 37.6. The summed E-state index contributed by atoms with van der Waals surface area (Å²) in [5, 5.41) is 2.98. The van der Waals surface area contributed by atoms with E-state index in [1.807, 2.05) is 25.1 Å². The molecule has 0 heterocycles. The van der Waals surface area contributed by atoms with Gasteiger partial charge in [0.25, 0.3) is 0 Å². The van der Waals surface area contributed by atoms with Gasteiger partial charge in [0, 0.05) is 12.5 Å². The van der Waals surface area contributed by atoms with Crippen LogP contribution in [0, 0.1) is 0 Å². The first-order valence-corrected chi connectivity index (χ1v) is 11.4. The highest BCUT2D eigenvalue weighted by Gasteiger charge is 2.27. The van der Waals surface area contributed by atoms with Crippen molar-refractivity contribution in [1.82, 2.24) is 10.0 Å². The van der Waals surface area contributed by atoms with E-state index in [1.165, 1.54) is 0 Å². The van der Waals surface area contributed by atoms with Crippen LogP contribution >= 0.6 is 0 Å². The fourth-order valence-corrected chi connectivity index (χ4v) is 4.41. The molecule has 0 spiro atoms. The highest BCUT2D eigenvalue weighted by Crippen LogP contribution is 2.30. The van der Waals surface area contributed by atoms with Crippen molar-refractivity contribution in [2.45, 2.75) is 49.6 Å². The average Bonchev–Trinajstić information content (AvgIpc) is 3.55. The Balaban J connectivity index is 1.52. The van der Waals surface area contributed by atoms with E-state index in [9.17, 15) is 13.2 Å². The van der Waals surface area contributed by atoms with Crippen molar-refractivity contribution in [3.63, 3.8) is 0 Å². The van der Waals surface area contributed by atoms with Gasteiger partial charge in [-0.1, -0.05) is 18.2 Å². The van der Waals surface area contributed by atoms with Crippen LogP contribution in [0.1, 0.15) is 43.4 Å². The highest BCUT2D eigenvalue weighted by atomic mass is 32.2. The van der Waals surface area contributed by atoms with Crippen molar-refractivity contribution in [3.8, 4) is 11.5 Å². The lowest BCUT2D eigenvalue weighted by Gasteiger charge is -2.16. The number of ether oxygens (including phenoxy) is 2. The first-order valence-electron chi connectivity index (χ1n) is 9.95. The molecule has 30 heavy (non-hydrogen) atoms. The largest absolute Gasteiger partial charge is 0.493 e. The summed E-state index contributed by atoms with van der Waals surface area (Å²) in [5.41, 5.74) is 1.83. The predicted octanol–water partition coefficient (Wildman–Crippen LogP) is 2.95. The fourth-order valence-electron chi connectivity index (χ4n) is 3.10. The third-order valence-corrected chi connectivity index (χ3v) is 6.60. The number of aryl methyl sites for hydroxylation is 1. The molecule has 2 aromatic rings. The van der Waals surface area contributed by atoms with E-state index in [1.54, 1.807) is 38.5 Å². The lowest BCUT2D eigenvalue weighted by atomic mass is 10.1. The van der Waals surface area contributed by atoms with Crippen LogP contribution in [-0.2, 0) is 21.2 Å². The Bertz CT molecular complexity index is 985. The quantitative estimate of drug-likeness (QED) is 0.602. The molecule has 0 radical (unpaired) electrons. The zero-order valence-electron chi connectivity index (χ0n) is 17.5. The van der Waals surface area contributed by atoms with Crippen molar-refractivity contribution in [3.05, 3.63) is 53.6 Å². The van der Waals surface area contributed by atoms with Gasteiger partial charge in [-0.05, 0) is 61.6 Å². The number of carbonyl (C=O) groups is 1. The van der Waals surface area contributed by atoms with Gasteiger partial charge in [-0.15, -0.1) is 0 Å². The number of nitrogens with one attached hydrogen (secondary N) is 2. The lowest BCUT2D eigenvalue weighted by molar-refractivity contribution is -0.121. The molecule has 0 aliphatic heterocycles. The van der Waals surface area contributed by atoms with Gasteiger partial charge in [-0.2, -0.15) is 0 Å². The van der Waals surface area contributed by atoms with Crippen molar-refractivity contribution in [2.75, 3.05) is 14.2 Å². The standard InChI is InChI=1S/C22H28N2O5S/c1-15(17-7-12-20(28-2)21(14-17)29-3)23-22(25)13-6-16-4-10-19(11-5-16)30(26,27)24-18-8-9-18/h4-5,7,10-12,14-15,18,24H,6,8-9,13H2,1-3H3,(H,23,25)/t15-/m0/s1. The number of sulfonamides is 1. The van der Waals surface area contributed by atoms with E-state index in [0.717, 1.165) is 24.0 Å². The second kappa shape index (κ2) is 9.49. The summed E-state index contributed by atoms with van der Waals surface area (Å²) in [4.78, 5) is 12.6. The van der Waals surface area contributed by atoms with Crippen LogP contribution in [0.2, 0.25) is 0 Å². The molecule has 0 unspecified atom stereocenters. The fraction of sp³-hybridized carbons (Fsp3) is 0.409. The third kappa shape index (κ3) is 5.73. The summed E-state index contributed by atoms with van der Waals surface area (Å²) in [6.45, 7) is 1.91.